The van der Waals surface area contributed by atoms with Gasteiger partial charge < -0.3 is 14.9 Å². The van der Waals surface area contributed by atoms with Crippen molar-refractivity contribution in [1.29, 1.82) is 0 Å². The molecule has 6 heteroatoms. The summed E-state index contributed by atoms with van der Waals surface area (Å²) < 4.78 is 13.0. The van der Waals surface area contributed by atoms with Gasteiger partial charge >= 0.3 is 0 Å². The van der Waals surface area contributed by atoms with Crippen LogP contribution < -0.4 is 0 Å². The van der Waals surface area contributed by atoms with Crippen LogP contribution in [-0.2, 0) is 9.59 Å². The van der Waals surface area contributed by atoms with Crippen molar-refractivity contribution >= 4 is 11.8 Å². The lowest BCUT2D eigenvalue weighted by atomic mass is 9.93. The van der Waals surface area contributed by atoms with E-state index in [0.29, 0.717) is 31.0 Å². The van der Waals surface area contributed by atoms with Crippen molar-refractivity contribution in [2.75, 3.05) is 26.2 Å². The van der Waals surface area contributed by atoms with E-state index in [4.69, 9.17) is 0 Å². The summed E-state index contributed by atoms with van der Waals surface area (Å²) in [6.45, 7) is 2.93. The molecule has 0 aliphatic carbocycles. The topological polar surface area (TPSA) is 60.9 Å². The molecule has 0 saturated carbocycles. The third-order valence-electron chi connectivity index (χ3n) is 5.32. The van der Waals surface area contributed by atoms with E-state index in [-0.39, 0.29) is 17.6 Å². The molecule has 3 rings (SSSR count). The lowest BCUT2D eigenvalue weighted by Gasteiger charge is -2.34. The number of piperidine rings is 1. The maximum absolute atomic E-state index is 13.0. The van der Waals surface area contributed by atoms with Gasteiger partial charge in [0.15, 0.2) is 6.10 Å². The van der Waals surface area contributed by atoms with Crippen LogP contribution in [0.5, 0.6) is 0 Å². The molecule has 25 heavy (non-hydrogen) atoms. The Morgan fingerprint density at radius 2 is 1.88 bits per heavy atom. The smallest absolute Gasteiger partial charge is 0.256 e. The first-order valence-electron chi connectivity index (χ1n) is 9.04. The van der Waals surface area contributed by atoms with Crippen LogP contribution in [-0.4, -0.2) is 52.9 Å². The second-order valence-corrected chi connectivity index (χ2v) is 7.00. The van der Waals surface area contributed by atoms with Crippen LogP contribution in [0.1, 0.15) is 43.8 Å². The summed E-state index contributed by atoms with van der Waals surface area (Å²) in [5.41, 5.74) is 0.418. The lowest BCUT2D eigenvalue weighted by molar-refractivity contribution is -0.142. The molecule has 0 radical (unpaired) electrons. The second kappa shape index (κ2) is 7.95. The third-order valence-corrected chi connectivity index (χ3v) is 5.32. The molecule has 0 aromatic heterocycles. The van der Waals surface area contributed by atoms with Crippen LogP contribution in [0.2, 0.25) is 0 Å². The first-order chi connectivity index (χ1) is 12.0. The van der Waals surface area contributed by atoms with Crippen LogP contribution >= 0.6 is 0 Å². The molecule has 2 fully saturated rings. The zero-order chi connectivity index (χ0) is 17.8. The Balaban J connectivity index is 1.45. The molecule has 2 aliphatic heterocycles. The Morgan fingerprint density at radius 1 is 1.20 bits per heavy atom. The van der Waals surface area contributed by atoms with E-state index in [0.717, 1.165) is 38.8 Å². The molecular weight excluding hydrogens is 323 g/mol. The number of hydrogen-bond acceptors (Lipinski definition) is 3. The maximum Gasteiger partial charge on any atom is 0.256 e. The van der Waals surface area contributed by atoms with Crippen LogP contribution in [0.15, 0.2) is 24.3 Å². The molecule has 1 unspecified atom stereocenters. The van der Waals surface area contributed by atoms with Crippen molar-refractivity contribution in [3.05, 3.63) is 35.6 Å². The number of aliphatic hydroxyl groups is 1. The number of likely N-dealkylation sites (tertiary alicyclic amines) is 2. The van der Waals surface area contributed by atoms with Gasteiger partial charge in [0.25, 0.3) is 5.91 Å². The zero-order valence-electron chi connectivity index (χ0n) is 14.4. The molecule has 2 aliphatic rings. The fraction of sp³-hybridized carbons (Fsp3) is 0.579. The number of rotatable bonds is 5. The minimum atomic E-state index is -1.24. The molecular formula is C19H25FN2O3. The first kappa shape index (κ1) is 17.9. The molecule has 1 atom stereocenters. The van der Waals surface area contributed by atoms with Crippen LogP contribution in [0, 0.1) is 11.7 Å². The summed E-state index contributed by atoms with van der Waals surface area (Å²) in [4.78, 5) is 27.7. The van der Waals surface area contributed by atoms with Gasteiger partial charge in [-0.05, 0) is 49.3 Å². The fourth-order valence-electron chi connectivity index (χ4n) is 3.68. The van der Waals surface area contributed by atoms with E-state index >= 15 is 0 Å². The number of nitrogens with zero attached hydrogens (tertiary/aromatic N) is 2. The third kappa shape index (κ3) is 4.37. The van der Waals surface area contributed by atoms with Crippen molar-refractivity contribution in [2.24, 2.45) is 5.92 Å². The molecule has 136 valence electrons. The summed E-state index contributed by atoms with van der Waals surface area (Å²) >= 11 is 0. The van der Waals surface area contributed by atoms with E-state index in [1.807, 2.05) is 4.90 Å². The molecule has 1 aromatic rings. The average Bonchev–Trinajstić information content (AvgIpc) is 3.05. The van der Waals surface area contributed by atoms with E-state index in [9.17, 15) is 19.1 Å². The van der Waals surface area contributed by atoms with Crippen molar-refractivity contribution in [3.8, 4) is 0 Å². The molecule has 1 N–H and O–H groups in total. The van der Waals surface area contributed by atoms with Crippen molar-refractivity contribution < 1.29 is 19.1 Å². The van der Waals surface area contributed by atoms with Gasteiger partial charge in [-0.15, -0.1) is 0 Å². The molecule has 2 amide bonds. The highest BCUT2D eigenvalue weighted by Gasteiger charge is 2.29. The van der Waals surface area contributed by atoms with E-state index in [1.165, 1.54) is 24.3 Å². The predicted octanol–water partition coefficient (Wildman–Crippen LogP) is 2.11. The van der Waals surface area contributed by atoms with E-state index in [2.05, 4.69) is 0 Å². The molecule has 5 nitrogen and oxygen atoms in total. The number of carbonyl (C=O) groups excluding carboxylic acids is 2. The Morgan fingerprint density at radius 3 is 2.48 bits per heavy atom. The van der Waals surface area contributed by atoms with Gasteiger partial charge in [-0.3, -0.25) is 9.59 Å². The molecule has 2 heterocycles. The largest absolute Gasteiger partial charge is 0.378 e. The summed E-state index contributed by atoms with van der Waals surface area (Å²) in [5.74, 6) is 0.0657. The summed E-state index contributed by atoms with van der Waals surface area (Å²) in [7, 11) is 0. The first-order valence-corrected chi connectivity index (χ1v) is 9.04. The van der Waals surface area contributed by atoms with Gasteiger partial charge in [0, 0.05) is 32.6 Å². The highest BCUT2D eigenvalue weighted by Crippen LogP contribution is 2.25. The number of carbonyl (C=O) groups is 2. The minimum absolute atomic E-state index is 0.259. The monoisotopic (exact) mass is 348 g/mol. The maximum atomic E-state index is 13.0. The van der Waals surface area contributed by atoms with Crippen LogP contribution in [0.4, 0.5) is 4.39 Å². The average molecular weight is 348 g/mol. The summed E-state index contributed by atoms with van der Waals surface area (Å²) in [5, 5.41) is 10.2. The van der Waals surface area contributed by atoms with Gasteiger partial charge in [-0.2, -0.15) is 0 Å². The SMILES string of the molecule is O=C1CCCN1CCC1CCN(C(=O)C(O)c2ccc(F)cc2)CC1. The summed E-state index contributed by atoms with van der Waals surface area (Å²) in [6, 6.07) is 5.38. The fourth-order valence-corrected chi connectivity index (χ4v) is 3.68. The second-order valence-electron chi connectivity index (χ2n) is 7.00. The van der Waals surface area contributed by atoms with Crippen molar-refractivity contribution in [1.82, 2.24) is 9.80 Å². The highest BCUT2D eigenvalue weighted by molar-refractivity contribution is 5.82. The minimum Gasteiger partial charge on any atom is -0.378 e. The molecule has 0 spiro atoms. The zero-order valence-corrected chi connectivity index (χ0v) is 14.4. The Labute approximate surface area is 147 Å². The number of benzene rings is 1. The van der Waals surface area contributed by atoms with Gasteiger partial charge in [-0.1, -0.05) is 12.1 Å². The molecule has 0 bridgehead atoms. The Kier molecular flexibility index (Phi) is 5.68. The number of hydrogen-bond donors (Lipinski definition) is 1. The Hall–Kier alpha value is -1.95. The standard InChI is InChI=1S/C19H25FN2O3/c20-16-5-3-15(4-6-16)18(24)19(25)22-12-8-14(9-13-22)7-11-21-10-1-2-17(21)23/h3-6,14,18,24H,1-2,7-13H2. The van der Waals surface area contributed by atoms with Crippen molar-refractivity contribution in [2.45, 2.75) is 38.2 Å². The number of halogens is 1. The lowest BCUT2D eigenvalue weighted by Crippen LogP contribution is -2.41. The van der Waals surface area contributed by atoms with Gasteiger partial charge in [-0.25, -0.2) is 4.39 Å². The van der Waals surface area contributed by atoms with Crippen molar-refractivity contribution in [3.63, 3.8) is 0 Å². The van der Waals surface area contributed by atoms with Gasteiger partial charge in [0.05, 0.1) is 0 Å². The van der Waals surface area contributed by atoms with Crippen LogP contribution in [0.3, 0.4) is 0 Å². The number of amides is 2. The van der Waals surface area contributed by atoms with Gasteiger partial charge in [0.1, 0.15) is 5.82 Å². The normalized spacial score (nSPS) is 20.2. The van der Waals surface area contributed by atoms with E-state index < -0.39 is 6.10 Å². The highest BCUT2D eigenvalue weighted by atomic mass is 19.1. The number of aliphatic hydroxyl groups excluding tert-OH is 1. The Bertz CT molecular complexity index is 612. The summed E-state index contributed by atoms with van der Waals surface area (Å²) in [6.07, 6.45) is 3.17. The van der Waals surface area contributed by atoms with Gasteiger partial charge in [0.2, 0.25) is 5.91 Å². The predicted molar refractivity (Wildman–Crippen MR) is 91.1 cm³/mol. The van der Waals surface area contributed by atoms with E-state index in [1.54, 1.807) is 4.90 Å². The molecule has 1 aromatic carbocycles. The quantitative estimate of drug-likeness (QED) is 0.887. The van der Waals surface area contributed by atoms with Crippen LogP contribution in [0.25, 0.3) is 0 Å². The molecule has 2 saturated heterocycles.